The van der Waals surface area contributed by atoms with Gasteiger partial charge in [0.1, 0.15) is 4.88 Å². The van der Waals surface area contributed by atoms with Gasteiger partial charge in [0.25, 0.3) is 5.91 Å². The Balaban J connectivity index is 1.42. The summed E-state index contributed by atoms with van der Waals surface area (Å²) < 4.78 is 28.4. The van der Waals surface area contributed by atoms with Gasteiger partial charge in [-0.2, -0.15) is 8.78 Å². The number of alkyl halides is 2. The fourth-order valence-corrected chi connectivity index (χ4v) is 5.63. The Bertz CT molecular complexity index is 965. The quantitative estimate of drug-likeness (QED) is 0.317. The summed E-state index contributed by atoms with van der Waals surface area (Å²) in [6.45, 7) is 2.19. The Hall–Kier alpha value is -2.32. The van der Waals surface area contributed by atoms with Crippen LogP contribution in [0, 0.1) is 5.92 Å². The molecule has 3 rings (SSSR count). The molecule has 8 heteroatoms. The van der Waals surface area contributed by atoms with Crippen molar-refractivity contribution in [2.45, 2.75) is 82.8 Å². The number of aliphatic hydroxyl groups is 1. The minimum atomic E-state index is -3.36. The Labute approximate surface area is 209 Å². The maximum Gasteiger partial charge on any atom is 0.345 e. The van der Waals surface area contributed by atoms with Crippen LogP contribution in [-0.2, 0) is 17.6 Å². The van der Waals surface area contributed by atoms with Gasteiger partial charge in [0.2, 0.25) is 0 Å². The molecule has 3 atom stereocenters. The first-order chi connectivity index (χ1) is 16.7. The van der Waals surface area contributed by atoms with Gasteiger partial charge < -0.3 is 15.1 Å². The van der Waals surface area contributed by atoms with Crippen LogP contribution < -0.4 is 0 Å². The maximum absolute atomic E-state index is 14.2. The van der Waals surface area contributed by atoms with E-state index in [4.69, 9.17) is 5.11 Å². The van der Waals surface area contributed by atoms with Crippen molar-refractivity contribution >= 4 is 23.2 Å². The number of aromatic carboxylic acids is 1. The average molecular weight is 508 g/mol. The molecule has 0 spiro atoms. The zero-order valence-electron chi connectivity index (χ0n) is 20.2. The fraction of sp³-hybridized carbons (Fsp3) is 0.556. The minimum absolute atomic E-state index is 0.0686. The Morgan fingerprint density at radius 3 is 2.54 bits per heavy atom. The number of carbonyl (C=O) groups excluding carboxylic acids is 1. The first-order valence-electron chi connectivity index (χ1n) is 12.4. The number of nitrogens with zero attached hydrogens (tertiary/aromatic N) is 1. The molecule has 0 aliphatic carbocycles. The first-order valence-corrected chi connectivity index (χ1v) is 13.2. The molecule has 1 aromatic heterocycles. The van der Waals surface area contributed by atoms with E-state index in [9.17, 15) is 23.5 Å². The number of benzene rings is 1. The molecule has 0 saturated carbocycles. The normalized spacial score (nSPS) is 19.1. The van der Waals surface area contributed by atoms with Crippen LogP contribution in [0.3, 0.4) is 0 Å². The number of unbranched alkanes of at least 4 members (excludes halogenated alkanes) is 1. The van der Waals surface area contributed by atoms with Gasteiger partial charge in [0, 0.05) is 23.9 Å². The molecule has 1 aliphatic rings. The van der Waals surface area contributed by atoms with Crippen molar-refractivity contribution in [1.82, 2.24) is 4.90 Å². The number of halogens is 2. The van der Waals surface area contributed by atoms with Crippen LogP contribution in [0.1, 0.15) is 72.0 Å². The summed E-state index contributed by atoms with van der Waals surface area (Å²) in [6.07, 6.45) is 4.56. The van der Waals surface area contributed by atoms with E-state index in [-0.39, 0.29) is 17.3 Å². The monoisotopic (exact) mass is 507 g/mol. The molecule has 2 heterocycles. The van der Waals surface area contributed by atoms with Crippen LogP contribution in [-0.4, -0.2) is 51.6 Å². The van der Waals surface area contributed by atoms with Gasteiger partial charge in [-0.3, -0.25) is 4.79 Å². The molecular weight excluding hydrogens is 472 g/mol. The zero-order valence-corrected chi connectivity index (χ0v) is 21.0. The lowest BCUT2D eigenvalue weighted by Crippen LogP contribution is -2.37. The highest BCUT2D eigenvalue weighted by molar-refractivity contribution is 7.13. The molecule has 5 nitrogen and oxygen atoms in total. The third-order valence-corrected chi connectivity index (χ3v) is 8.00. The Morgan fingerprint density at radius 1 is 1.11 bits per heavy atom. The third-order valence-electron chi connectivity index (χ3n) is 6.87. The van der Waals surface area contributed by atoms with Crippen molar-refractivity contribution in [3.63, 3.8) is 0 Å². The topological polar surface area (TPSA) is 77.8 Å². The Morgan fingerprint density at radius 2 is 1.86 bits per heavy atom. The van der Waals surface area contributed by atoms with Crippen LogP contribution >= 0.6 is 11.3 Å². The molecular formula is C27H35F2NO4S. The molecule has 1 aromatic carbocycles. The van der Waals surface area contributed by atoms with Crippen LogP contribution in [0.15, 0.2) is 42.5 Å². The molecule has 192 valence electrons. The number of likely N-dealkylation sites (tertiary alicyclic amines) is 1. The average Bonchev–Trinajstić information content (AvgIpc) is 3.39. The summed E-state index contributed by atoms with van der Waals surface area (Å²) in [5, 5.41) is 19.6. The number of hydrogen-bond donors (Lipinski definition) is 2. The lowest BCUT2D eigenvalue weighted by molar-refractivity contribution is -0.148. The van der Waals surface area contributed by atoms with E-state index in [0.717, 1.165) is 41.9 Å². The van der Waals surface area contributed by atoms with E-state index in [2.05, 4.69) is 12.1 Å². The summed E-state index contributed by atoms with van der Waals surface area (Å²) in [4.78, 5) is 25.7. The van der Waals surface area contributed by atoms with Crippen LogP contribution in [0.5, 0.6) is 0 Å². The lowest BCUT2D eigenvalue weighted by atomic mass is 9.92. The predicted molar refractivity (Wildman–Crippen MR) is 133 cm³/mol. The van der Waals surface area contributed by atoms with Crippen molar-refractivity contribution in [2.24, 2.45) is 5.92 Å². The second kappa shape index (κ2) is 12.6. The standard InChI is InChI=1S/C27H35F2NO4S/c1-19(8-5-6-11-20-9-3-2-4-10-20)23(31)15-13-21-18-27(28,29)26(34)30(21)17-7-12-22-14-16-24(35-22)25(32)33/h2-4,9-10,14,16,19,21,23,31H,5-8,11-13,15,17-18H2,1H3,(H,32,33)/t19-,21+,23-/m1/s1. The highest BCUT2D eigenvalue weighted by atomic mass is 32.1. The largest absolute Gasteiger partial charge is 0.477 e. The molecule has 2 aromatic rings. The number of carboxylic acid groups (broad SMARTS) is 1. The summed E-state index contributed by atoms with van der Waals surface area (Å²) in [6, 6.07) is 12.9. The second-order valence-electron chi connectivity index (χ2n) is 9.59. The summed E-state index contributed by atoms with van der Waals surface area (Å²) in [5.74, 6) is -5.42. The van der Waals surface area contributed by atoms with Gasteiger partial charge in [-0.25, -0.2) is 4.79 Å². The minimum Gasteiger partial charge on any atom is -0.477 e. The molecule has 1 fully saturated rings. The number of carboxylic acids is 1. The van der Waals surface area contributed by atoms with Gasteiger partial charge in [-0.05, 0) is 68.6 Å². The number of amides is 1. The van der Waals surface area contributed by atoms with Gasteiger partial charge in [-0.1, -0.05) is 43.7 Å². The molecule has 0 radical (unpaired) electrons. The van der Waals surface area contributed by atoms with Crippen molar-refractivity contribution < 1.29 is 28.6 Å². The van der Waals surface area contributed by atoms with Crippen LogP contribution in [0.2, 0.25) is 0 Å². The highest BCUT2D eigenvalue weighted by Crippen LogP contribution is 2.36. The van der Waals surface area contributed by atoms with Crippen molar-refractivity contribution in [3.8, 4) is 0 Å². The summed E-state index contributed by atoms with van der Waals surface area (Å²) >= 11 is 1.16. The number of hydrogen-bond acceptors (Lipinski definition) is 4. The number of aryl methyl sites for hydroxylation is 2. The maximum atomic E-state index is 14.2. The summed E-state index contributed by atoms with van der Waals surface area (Å²) in [7, 11) is 0. The lowest BCUT2D eigenvalue weighted by Gasteiger charge is -2.26. The van der Waals surface area contributed by atoms with Crippen molar-refractivity contribution in [2.75, 3.05) is 6.54 Å². The third kappa shape index (κ3) is 7.84. The van der Waals surface area contributed by atoms with E-state index >= 15 is 0 Å². The Kier molecular flexibility index (Phi) is 9.80. The van der Waals surface area contributed by atoms with Gasteiger partial charge in [0.05, 0.1) is 6.10 Å². The van der Waals surface area contributed by atoms with Crippen LogP contribution in [0.25, 0.3) is 0 Å². The van der Waals surface area contributed by atoms with Crippen LogP contribution in [0.4, 0.5) is 8.78 Å². The molecule has 1 amide bonds. The van der Waals surface area contributed by atoms with E-state index in [1.807, 2.05) is 25.1 Å². The number of rotatable bonds is 14. The fourth-order valence-electron chi connectivity index (χ4n) is 4.74. The highest BCUT2D eigenvalue weighted by Gasteiger charge is 2.52. The smallest absolute Gasteiger partial charge is 0.345 e. The van der Waals surface area contributed by atoms with Crippen molar-refractivity contribution in [3.05, 3.63) is 57.8 Å². The summed E-state index contributed by atoms with van der Waals surface area (Å²) in [5.41, 5.74) is 1.30. The van der Waals surface area contributed by atoms with E-state index < -0.39 is 36.4 Å². The molecule has 35 heavy (non-hydrogen) atoms. The van der Waals surface area contributed by atoms with Crippen molar-refractivity contribution in [1.29, 1.82) is 0 Å². The SMILES string of the molecule is C[C@H](CCCCc1ccccc1)[C@H](O)CC[C@H]1CC(F)(F)C(=O)N1CCCc1ccc(C(=O)O)s1. The molecule has 1 aliphatic heterocycles. The van der Waals surface area contributed by atoms with Gasteiger partial charge in [0.15, 0.2) is 0 Å². The molecule has 0 unspecified atom stereocenters. The number of carbonyl (C=O) groups is 2. The molecule has 0 bridgehead atoms. The molecule has 2 N–H and O–H groups in total. The van der Waals surface area contributed by atoms with E-state index in [1.165, 1.54) is 16.5 Å². The van der Waals surface area contributed by atoms with E-state index in [1.54, 1.807) is 6.07 Å². The second-order valence-corrected chi connectivity index (χ2v) is 10.8. The number of aliphatic hydroxyl groups excluding tert-OH is 1. The first kappa shape index (κ1) is 27.3. The zero-order chi connectivity index (χ0) is 25.4. The van der Waals surface area contributed by atoms with Gasteiger partial charge in [-0.15, -0.1) is 11.3 Å². The molecule has 1 saturated heterocycles. The van der Waals surface area contributed by atoms with Gasteiger partial charge >= 0.3 is 11.9 Å². The van der Waals surface area contributed by atoms with E-state index in [0.29, 0.717) is 25.7 Å². The predicted octanol–water partition coefficient (Wildman–Crippen LogP) is 5.81. The number of thiophene rings is 1.